The lowest BCUT2D eigenvalue weighted by molar-refractivity contribution is -0.138. The van der Waals surface area contributed by atoms with E-state index in [0.717, 1.165) is 42.5 Å². The van der Waals surface area contributed by atoms with E-state index in [2.05, 4.69) is 20.8 Å². The minimum Gasteiger partial charge on any atom is -0.481 e. The Balaban J connectivity index is 2.44. The predicted molar refractivity (Wildman–Crippen MR) is 105 cm³/mol. The lowest BCUT2D eigenvalue weighted by Crippen LogP contribution is -2.06. The molecule has 0 saturated heterocycles. The molecule has 5 heteroatoms. The molecule has 0 aromatic heterocycles. The lowest BCUT2D eigenvalue weighted by atomic mass is 9.84. The van der Waals surface area contributed by atoms with Gasteiger partial charge in [0.2, 0.25) is 0 Å². The van der Waals surface area contributed by atoms with E-state index in [0.29, 0.717) is 17.0 Å². The van der Waals surface area contributed by atoms with Gasteiger partial charge in [-0.3, -0.25) is 4.79 Å². The smallest absolute Gasteiger partial charge is 0.416 e. The molecule has 2 atom stereocenters. The number of alkyl halides is 3. The quantitative estimate of drug-likeness (QED) is 0.529. The van der Waals surface area contributed by atoms with Gasteiger partial charge in [-0.2, -0.15) is 13.2 Å². The van der Waals surface area contributed by atoms with Gasteiger partial charge in [-0.05, 0) is 52.6 Å². The van der Waals surface area contributed by atoms with Crippen molar-refractivity contribution in [2.75, 3.05) is 0 Å². The zero-order chi connectivity index (χ0) is 20.9. The molecule has 0 aliphatic rings. The molecule has 2 aromatic carbocycles. The van der Waals surface area contributed by atoms with Crippen LogP contribution in [0.1, 0.15) is 62.6 Å². The first-order chi connectivity index (χ1) is 13.1. The van der Waals surface area contributed by atoms with Crippen molar-refractivity contribution in [3.63, 3.8) is 0 Å². The summed E-state index contributed by atoms with van der Waals surface area (Å²) >= 11 is 0. The van der Waals surface area contributed by atoms with Crippen LogP contribution in [0.4, 0.5) is 13.2 Å². The summed E-state index contributed by atoms with van der Waals surface area (Å²) in [5.41, 5.74) is 2.47. The van der Waals surface area contributed by atoms with Crippen LogP contribution < -0.4 is 0 Å². The highest BCUT2D eigenvalue weighted by Gasteiger charge is 2.30. The Hall–Kier alpha value is -2.30. The van der Waals surface area contributed by atoms with Crippen molar-refractivity contribution in [1.82, 2.24) is 0 Å². The van der Waals surface area contributed by atoms with Crippen molar-refractivity contribution in [2.24, 2.45) is 5.92 Å². The van der Waals surface area contributed by atoms with Crippen molar-refractivity contribution in [1.29, 1.82) is 0 Å². The van der Waals surface area contributed by atoms with Crippen molar-refractivity contribution < 1.29 is 23.1 Å². The Labute approximate surface area is 164 Å². The molecule has 0 fully saturated rings. The Morgan fingerprint density at radius 1 is 1.07 bits per heavy atom. The summed E-state index contributed by atoms with van der Waals surface area (Å²) in [5, 5.41) is 9.09. The molecule has 0 saturated carbocycles. The molecule has 2 nitrogen and oxygen atoms in total. The predicted octanol–water partition coefficient (Wildman–Crippen LogP) is 6.93. The fourth-order valence-electron chi connectivity index (χ4n) is 3.75. The molecule has 0 bridgehead atoms. The first kappa shape index (κ1) is 22.0. The minimum atomic E-state index is -4.38. The van der Waals surface area contributed by atoms with Crippen LogP contribution in [0.15, 0.2) is 42.5 Å². The SMILES string of the molecule is CCCC(C)CC(C)c1ccc(CC(=O)O)cc1-c1ccc(C(F)(F)F)cc1. The van der Waals surface area contributed by atoms with Gasteiger partial charge < -0.3 is 5.11 Å². The number of benzene rings is 2. The molecule has 2 rings (SSSR count). The summed E-state index contributed by atoms with van der Waals surface area (Å²) in [6, 6.07) is 10.6. The van der Waals surface area contributed by atoms with Gasteiger partial charge in [0.1, 0.15) is 0 Å². The van der Waals surface area contributed by atoms with Gasteiger partial charge in [0.15, 0.2) is 0 Å². The average molecular weight is 392 g/mol. The van der Waals surface area contributed by atoms with E-state index in [4.69, 9.17) is 5.11 Å². The van der Waals surface area contributed by atoms with Crippen LogP contribution in [0, 0.1) is 5.92 Å². The summed E-state index contributed by atoms with van der Waals surface area (Å²) in [4.78, 5) is 11.1. The van der Waals surface area contributed by atoms with Crippen molar-refractivity contribution in [2.45, 2.75) is 58.5 Å². The minimum absolute atomic E-state index is 0.117. The summed E-state index contributed by atoms with van der Waals surface area (Å²) in [7, 11) is 0. The Morgan fingerprint density at radius 3 is 2.25 bits per heavy atom. The molecule has 2 aromatic rings. The molecular formula is C23H27F3O2. The molecule has 152 valence electrons. The van der Waals surface area contributed by atoms with Crippen molar-refractivity contribution in [3.05, 3.63) is 59.2 Å². The summed E-state index contributed by atoms with van der Waals surface area (Å²) < 4.78 is 38.7. The van der Waals surface area contributed by atoms with E-state index in [1.54, 1.807) is 12.1 Å². The fourth-order valence-corrected chi connectivity index (χ4v) is 3.75. The summed E-state index contributed by atoms with van der Waals surface area (Å²) in [5.74, 6) is -0.174. The molecule has 0 radical (unpaired) electrons. The average Bonchev–Trinajstić information content (AvgIpc) is 2.60. The Bertz CT molecular complexity index is 794. The topological polar surface area (TPSA) is 37.3 Å². The van der Waals surface area contributed by atoms with Gasteiger partial charge in [-0.25, -0.2) is 0 Å². The lowest BCUT2D eigenvalue weighted by Gasteiger charge is -2.21. The number of hydrogen-bond acceptors (Lipinski definition) is 1. The number of carboxylic acid groups (broad SMARTS) is 1. The maximum atomic E-state index is 12.9. The van der Waals surface area contributed by atoms with Crippen LogP contribution in [0.5, 0.6) is 0 Å². The highest BCUT2D eigenvalue weighted by Crippen LogP contribution is 2.36. The molecule has 0 spiro atoms. The standard InChI is InChI=1S/C23H27F3O2/c1-4-5-15(2)12-16(3)20-11-6-17(14-22(27)28)13-21(20)18-7-9-19(10-8-18)23(24,25)26/h6-11,13,15-16H,4-5,12,14H2,1-3H3,(H,27,28). The van der Waals surface area contributed by atoms with E-state index in [1.165, 1.54) is 12.1 Å². The Kier molecular flexibility index (Phi) is 7.28. The number of rotatable bonds is 8. The normalized spacial score (nSPS) is 13.9. The second-order valence-electron chi connectivity index (χ2n) is 7.60. The second-order valence-corrected chi connectivity index (χ2v) is 7.60. The van der Waals surface area contributed by atoms with E-state index >= 15 is 0 Å². The van der Waals surface area contributed by atoms with Gasteiger partial charge >= 0.3 is 12.1 Å². The van der Waals surface area contributed by atoms with Crippen LogP contribution in [-0.2, 0) is 17.4 Å². The number of carboxylic acids is 1. The second kappa shape index (κ2) is 9.26. The third-order valence-electron chi connectivity index (χ3n) is 5.06. The molecule has 0 amide bonds. The maximum Gasteiger partial charge on any atom is 0.416 e. The van der Waals surface area contributed by atoms with E-state index in [9.17, 15) is 18.0 Å². The van der Waals surface area contributed by atoms with Crippen LogP contribution in [0.25, 0.3) is 11.1 Å². The highest BCUT2D eigenvalue weighted by molar-refractivity contribution is 5.74. The number of halogens is 3. The van der Waals surface area contributed by atoms with Crippen LogP contribution >= 0.6 is 0 Å². The molecule has 28 heavy (non-hydrogen) atoms. The zero-order valence-corrected chi connectivity index (χ0v) is 16.5. The number of carbonyl (C=O) groups is 1. The van der Waals surface area contributed by atoms with E-state index in [-0.39, 0.29) is 12.3 Å². The molecule has 0 heterocycles. The Morgan fingerprint density at radius 2 is 1.71 bits per heavy atom. The van der Waals surface area contributed by atoms with Crippen molar-refractivity contribution >= 4 is 5.97 Å². The van der Waals surface area contributed by atoms with Crippen LogP contribution in [-0.4, -0.2) is 11.1 Å². The summed E-state index contributed by atoms with van der Waals surface area (Å²) in [6.07, 6.45) is -1.29. The largest absolute Gasteiger partial charge is 0.481 e. The van der Waals surface area contributed by atoms with E-state index in [1.807, 2.05) is 6.07 Å². The number of aliphatic carboxylic acids is 1. The van der Waals surface area contributed by atoms with Gasteiger partial charge in [0.05, 0.1) is 12.0 Å². The van der Waals surface area contributed by atoms with Gasteiger partial charge in [0, 0.05) is 0 Å². The zero-order valence-electron chi connectivity index (χ0n) is 16.5. The third-order valence-corrected chi connectivity index (χ3v) is 5.06. The van der Waals surface area contributed by atoms with E-state index < -0.39 is 17.7 Å². The van der Waals surface area contributed by atoms with Gasteiger partial charge in [-0.1, -0.05) is 63.9 Å². The first-order valence-corrected chi connectivity index (χ1v) is 9.64. The van der Waals surface area contributed by atoms with Crippen LogP contribution in [0.2, 0.25) is 0 Å². The van der Waals surface area contributed by atoms with Gasteiger partial charge in [-0.15, -0.1) is 0 Å². The molecule has 2 unspecified atom stereocenters. The van der Waals surface area contributed by atoms with Crippen LogP contribution in [0.3, 0.4) is 0 Å². The molecular weight excluding hydrogens is 365 g/mol. The fraction of sp³-hybridized carbons (Fsp3) is 0.435. The van der Waals surface area contributed by atoms with Crippen molar-refractivity contribution in [3.8, 4) is 11.1 Å². The monoisotopic (exact) mass is 392 g/mol. The first-order valence-electron chi connectivity index (χ1n) is 9.64. The summed E-state index contributed by atoms with van der Waals surface area (Å²) in [6.45, 7) is 6.47. The molecule has 0 aliphatic heterocycles. The van der Waals surface area contributed by atoms with Gasteiger partial charge in [0.25, 0.3) is 0 Å². The maximum absolute atomic E-state index is 12.9. The number of hydrogen-bond donors (Lipinski definition) is 1. The molecule has 1 N–H and O–H groups in total. The third kappa shape index (κ3) is 5.85. The molecule has 0 aliphatic carbocycles. The highest BCUT2D eigenvalue weighted by atomic mass is 19.4.